The molecule has 0 rings (SSSR count). The number of urea groups is 1. The second-order valence-corrected chi connectivity index (χ2v) is 4.21. The van der Waals surface area contributed by atoms with Crippen molar-refractivity contribution in [1.29, 1.82) is 0 Å². The summed E-state index contributed by atoms with van der Waals surface area (Å²) >= 11 is 0. The number of rotatable bonds is 7. The molecule has 0 aliphatic carbocycles. The Labute approximate surface area is 112 Å². The lowest BCUT2D eigenvalue weighted by Crippen LogP contribution is -2.49. The smallest absolute Gasteiger partial charge is 0.328 e. The van der Waals surface area contributed by atoms with Crippen LogP contribution in [0.2, 0.25) is 0 Å². The molecular formula is C12H22N2O5. The van der Waals surface area contributed by atoms with Gasteiger partial charge in [-0.05, 0) is 13.3 Å². The van der Waals surface area contributed by atoms with E-state index in [1.165, 1.54) is 18.9 Å². The molecule has 2 atom stereocenters. The van der Waals surface area contributed by atoms with Gasteiger partial charge in [-0.1, -0.05) is 13.8 Å². The van der Waals surface area contributed by atoms with Crippen LogP contribution in [0.3, 0.4) is 0 Å². The molecule has 0 aromatic carbocycles. The third-order valence-electron chi connectivity index (χ3n) is 2.78. The van der Waals surface area contributed by atoms with Crippen LogP contribution in [0.1, 0.15) is 27.2 Å². The summed E-state index contributed by atoms with van der Waals surface area (Å²) in [5, 5.41) is 11.4. The summed E-state index contributed by atoms with van der Waals surface area (Å²) in [7, 11) is 1.25. The fraction of sp³-hybridized carbons (Fsp3) is 0.750. The third-order valence-corrected chi connectivity index (χ3v) is 2.78. The molecule has 0 aromatic rings. The molecule has 2 N–H and O–H groups in total. The second kappa shape index (κ2) is 8.34. The van der Waals surface area contributed by atoms with Gasteiger partial charge in [-0.2, -0.15) is 0 Å². The number of methoxy groups -OCH3 is 1. The Morgan fingerprint density at radius 3 is 2.26 bits per heavy atom. The van der Waals surface area contributed by atoms with Gasteiger partial charge in [0.15, 0.2) is 0 Å². The maximum absolute atomic E-state index is 11.9. The number of carboxylic acid groups (broad SMARTS) is 1. The first kappa shape index (κ1) is 17.2. The molecule has 0 aromatic heterocycles. The number of nitrogens with one attached hydrogen (secondary N) is 1. The number of hydrogen-bond donors (Lipinski definition) is 2. The molecule has 0 saturated heterocycles. The Kier molecular flexibility index (Phi) is 7.55. The van der Waals surface area contributed by atoms with Gasteiger partial charge in [-0.15, -0.1) is 0 Å². The number of carboxylic acids is 1. The van der Waals surface area contributed by atoms with E-state index in [1.54, 1.807) is 13.8 Å². The quantitative estimate of drug-likeness (QED) is 0.666. The predicted molar refractivity (Wildman–Crippen MR) is 68.7 cm³/mol. The number of aliphatic carboxylic acids is 1. The molecule has 19 heavy (non-hydrogen) atoms. The fourth-order valence-electron chi connectivity index (χ4n) is 1.47. The summed E-state index contributed by atoms with van der Waals surface area (Å²) in [6.07, 6.45) is 0.407. The topological polar surface area (TPSA) is 95.9 Å². The zero-order valence-corrected chi connectivity index (χ0v) is 11.8. The number of esters is 1. The fourth-order valence-corrected chi connectivity index (χ4v) is 1.47. The van der Waals surface area contributed by atoms with E-state index in [4.69, 9.17) is 5.11 Å². The zero-order chi connectivity index (χ0) is 15.0. The van der Waals surface area contributed by atoms with Crippen LogP contribution >= 0.6 is 0 Å². The minimum absolute atomic E-state index is 0.0925. The molecule has 7 nitrogen and oxygen atoms in total. The van der Waals surface area contributed by atoms with Crippen LogP contribution in [-0.4, -0.2) is 54.2 Å². The molecule has 0 radical (unpaired) electrons. The molecule has 0 heterocycles. The van der Waals surface area contributed by atoms with E-state index in [-0.39, 0.29) is 6.54 Å². The lowest BCUT2D eigenvalue weighted by molar-refractivity contribution is -0.143. The minimum Gasteiger partial charge on any atom is -0.481 e. The first-order valence-corrected chi connectivity index (χ1v) is 6.23. The predicted octanol–water partition coefficient (Wildman–Crippen LogP) is 0.690. The van der Waals surface area contributed by atoms with Crippen molar-refractivity contribution in [3.63, 3.8) is 0 Å². The van der Waals surface area contributed by atoms with Crippen molar-refractivity contribution in [3.05, 3.63) is 0 Å². The van der Waals surface area contributed by atoms with Gasteiger partial charge >= 0.3 is 18.0 Å². The first-order valence-electron chi connectivity index (χ1n) is 6.23. The lowest BCUT2D eigenvalue weighted by atomic mass is 10.1. The standard InChI is InChI=1S/C12H22N2O5/c1-5-9(11(17)19-4)13-12(18)14(6-2)7-8(3)10(15)16/h8-9H,5-7H2,1-4H3,(H,13,18)(H,15,16). The van der Waals surface area contributed by atoms with E-state index < -0.39 is 29.9 Å². The van der Waals surface area contributed by atoms with E-state index in [9.17, 15) is 14.4 Å². The highest BCUT2D eigenvalue weighted by molar-refractivity contribution is 5.83. The van der Waals surface area contributed by atoms with E-state index in [1.807, 2.05) is 0 Å². The summed E-state index contributed by atoms with van der Waals surface area (Å²) in [6.45, 7) is 5.47. The van der Waals surface area contributed by atoms with Crippen molar-refractivity contribution in [2.24, 2.45) is 5.92 Å². The highest BCUT2D eigenvalue weighted by atomic mass is 16.5. The van der Waals surface area contributed by atoms with Gasteiger partial charge < -0.3 is 20.1 Å². The van der Waals surface area contributed by atoms with E-state index in [0.717, 1.165) is 0 Å². The normalized spacial score (nSPS) is 13.3. The maximum Gasteiger partial charge on any atom is 0.328 e. The third kappa shape index (κ3) is 5.58. The highest BCUT2D eigenvalue weighted by Gasteiger charge is 2.24. The largest absolute Gasteiger partial charge is 0.481 e. The van der Waals surface area contributed by atoms with Crippen LogP contribution in [0, 0.1) is 5.92 Å². The summed E-state index contributed by atoms with van der Waals surface area (Å²) in [4.78, 5) is 35.4. The second-order valence-electron chi connectivity index (χ2n) is 4.21. The summed E-state index contributed by atoms with van der Waals surface area (Å²) in [5.41, 5.74) is 0. The highest BCUT2D eigenvalue weighted by Crippen LogP contribution is 2.02. The van der Waals surface area contributed by atoms with Crippen molar-refractivity contribution in [2.45, 2.75) is 33.2 Å². The number of nitrogens with zero attached hydrogens (tertiary/aromatic N) is 1. The summed E-state index contributed by atoms with van der Waals surface area (Å²) in [5.74, 6) is -2.15. The Balaban J connectivity index is 4.58. The molecule has 110 valence electrons. The van der Waals surface area contributed by atoms with Crippen molar-refractivity contribution in [3.8, 4) is 0 Å². The first-order chi connectivity index (χ1) is 8.87. The van der Waals surface area contributed by atoms with Crippen molar-refractivity contribution >= 4 is 18.0 Å². The van der Waals surface area contributed by atoms with Gasteiger partial charge in [0.2, 0.25) is 0 Å². The van der Waals surface area contributed by atoms with Crippen molar-refractivity contribution < 1.29 is 24.2 Å². The van der Waals surface area contributed by atoms with Crippen LogP contribution in [-0.2, 0) is 14.3 Å². The van der Waals surface area contributed by atoms with Crippen molar-refractivity contribution in [1.82, 2.24) is 10.2 Å². The number of carbonyl (C=O) groups excluding carboxylic acids is 2. The minimum atomic E-state index is -0.966. The number of carbonyl (C=O) groups is 3. The average molecular weight is 274 g/mol. The van der Waals surface area contributed by atoms with E-state index >= 15 is 0 Å². The molecule has 0 fully saturated rings. The van der Waals surface area contributed by atoms with Crippen molar-refractivity contribution in [2.75, 3.05) is 20.2 Å². The SMILES string of the molecule is CCC(NC(=O)N(CC)CC(C)C(=O)O)C(=O)OC. The number of amides is 2. The molecular weight excluding hydrogens is 252 g/mol. The lowest BCUT2D eigenvalue weighted by Gasteiger charge is -2.25. The van der Waals surface area contributed by atoms with Crippen LogP contribution in [0.4, 0.5) is 4.79 Å². The zero-order valence-electron chi connectivity index (χ0n) is 11.8. The molecule has 0 bridgehead atoms. The molecule has 2 amide bonds. The van der Waals surface area contributed by atoms with Gasteiger partial charge in [0.25, 0.3) is 0 Å². The van der Waals surface area contributed by atoms with Gasteiger partial charge in [-0.25, -0.2) is 9.59 Å². The van der Waals surface area contributed by atoms with Gasteiger partial charge in [0.05, 0.1) is 13.0 Å². The Morgan fingerprint density at radius 1 is 1.32 bits per heavy atom. The van der Waals surface area contributed by atoms with E-state index in [0.29, 0.717) is 13.0 Å². The molecule has 7 heteroatoms. The Morgan fingerprint density at radius 2 is 1.89 bits per heavy atom. The van der Waals surface area contributed by atoms with Gasteiger partial charge in [0, 0.05) is 13.1 Å². The van der Waals surface area contributed by atoms with Crippen LogP contribution < -0.4 is 5.32 Å². The monoisotopic (exact) mass is 274 g/mol. The summed E-state index contributed by atoms with van der Waals surface area (Å²) < 4.78 is 4.57. The number of hydrogen-bond acceptors (Lipinski definition) is 4. The molecule has 0 aliphatic rings. The maximum atomic E-state index is 11.9. The average Bonchev–Trinajstić information content (AvgIpc) is 2.40. The molecule has 2 unspecified atom stereocenters. The Bertz CT molecular complexity index is 332. The molecule has 0 aliphatic heterocycles. The number of ether oxygens (including phenoxy) is 1. The molecule has 0 spiro atoms. The van der Waals surface area contributed by atoms with Crippen LogP contribution in [0.5, 0.6) is 0 Å². The van der Waals surface area contributed by atoms with Crippen LogP contribution in [0.25, 0.3) is 0 Å². The summed E-state index contributed by atoms with van der Waals surface area (Å²) in [6, 6.07) is -1.18. The van der Waals surface area contributed by atoms with Gasteiger partial charge in [-0.3, -0.25) is 4.79 Å². The Hall–Kier alpha value is -1.79. The van der Waals surface area contributed by atoms with Crippen LogP contribution in [0.15, 0.2) is 0 Å². The molecule has 0 saturated carbocycles. The van der Waals surface area contributed by atoms with E-state index in [2.05, 4.69) is 10.1 Å². The van der Waals surface area contributed by atoms with Gasteiger partial charge in [0.1, 0.15) is 6.04 Å².